The van der Waals surface area contributed by atoms with Crippen molar-refractivity contribution in [3.63, 3.8) is 0 Å². The summed E-state index contributed by atoms with van der Waals surface area (Å²) >= 11 is 5.61. The van der Waals surface area contributed by atoms with Crippen molar-refractivity contribution in [1.82, 2.24) is 0 Å². The summed E-state index contributed by atoms with van der Waals surface area (Å²) in [6, 6.07) is 8.25. The van der Waals surface area contributed by atoms with Crippen LogP contribution < -0.4 is 5.32 Å². The molecule has 2 aromatic rings. The van der Waals surface area contributed by atoms with E-state index in [2.05, 4.69) is 5.32 Å². The third-order valence-corrected chi connectivity index (χ3v) is 3.08. The molecule has 0 aliphatic carbocycles. The summed E-state index contributed by atoms with van der Waals surface area (Å²) in [5, 5.41) is 12.2. The number of benzene rings is 2. The Morgan fingerprint density at radius 3 is 2.47 bits per heavy atom. The number of phenolic OH excluding ortho intramolecular Hbond substituents is 1. The molecular formula is C14H12ClF2NO. The van der Waals surface area contributed by atoms with Crippen LogP contribution in [0.3, 0.4) is 0 Å². The van der Waals surface area contributed by atoms with Crippen LogP contribution in [-0.2, 0) is 0 Å². The second kappa shape index (κ2) is 5.45. The summed E-state index contributed by atoms with van der Waals surface area (Å²) < 4.78 is 26.5. The molecule has 19 heavy (non-hydrogen) atoms. The van der Waals surface area contributed by atoms with Crippen LogP contribution in [0.2, 0.25) is 5.02 Å². The van der Waals surface area contributed by atoms with Gasteiger partial charge >= 0.3 is 0 Å². The first-order valence-electron chi connectivity index (χ1n) is 5.67. The Bertz CT molecular complexity index is 604. The zero-order chi connectivity index (χ0) is 14.0. The highest BCUT2D eigenvalue weighted by Crippen LogP contribution is 2.25. The van der Waals surface area contributed by atoms with Gasteiger partial charge in [-0.2, -0.15) is 0 Å². The highest BCUT2D eigenvalue weighted by molar-refractivity contribution is 6.30. The zero-order valence-corrected chi connectivity index (χ0v) is 10.9. The molecule has 0 spiro atoms. The zero-order valence-electron chi connectivity index (χ0n) is 10.1. The molecule has 0 heterocycles. The van der Waals surface area contributed by atoms with E-state index in [1.807, 2.05) is 6.92 Å². The molecule has 0 saturated carbocycles. The summed E-state index contributed by atoms with van der Waals surface area (Å²) in [6.07, 6.45) is 0. The van der Waals surface area contributed by atoms with Gasteiger partial charge in [-0.15, -0.1) is 0 Å². The van der Waals surface area contributed by atoms with E-state index in [0.717, 1.165) is 0 Å². The van der Waals surface area contributed by atoms with E-state index in [1.54, 1.807) is 12.1 Å². The molecule has 2 rings (SSSR count). The van der Waals surface area contributed by atoms with Gasteiger partial charge in [-0.3, -0.25) is 0 Å². The third-order valence-electron chi connectivity index (χ3n) is 2.77. The number of rotatable bonds is 3. The minimum Gasteiger partial charge on any atom is -0.505 e. The fraction of sp³-hybridized carbons (Fsp3) is 0.143. The van der Waals surface area contributed by atoms with E-state index in [4.69, 9.17) is 16.7 Å². The molecule has 1 unspecified atom stereocenters. The second-order valence-corrected chi connectivity index (χ2v) is 4.61. The standard InChI is InChI=1S/C14H12ClF2NO/c1-8(9-2-4-11(15)12(16)6-9)18-10-3-5-14(19)13(17)7-10/h2-8,18-19H,1H3. The Morgan fingerprint density at radius 1 is 1.11 bits per heavy atom. The highest BCUT2D eigenvalue weighted by Gasteiger charge is 2.09. The monoisotopic (exact) mass is 283 g/mol. The predicted molar refractivity (Wildman–Crippen MR) is 71.5 cm³/mol. The highest BCUT2D eigenvalue weighted by atomic mass is 35.5. The lowest BCUT2D eigenvalue weighted by Gasteiger charge is -2.16. The van der Waals surface area contributed by atoms with Gasteiger partial charge in [0.15, 0.2) is 11.6 Å². The summed E-state index contributed by atoms with van der Waals surface area (Å²) in [7, 11) is 0. The summed E-state index contributed by atoms with van der Waals surface area (Å²) in [4.78, 5) is 0. The van der Waals surface area contributed by atoms with Gasteiger partial charge in [-0.1, -0.05) is 17.7 Å². The van der Waals surface area contributed by atoms with Crippen LogP contribution in [0.1, 0.15) is 18.5 Å². The van der Waals surface area contributed by atoms with Crippen LogP contribution in [0, 0.1) is 11.6 Å². The van der Waals surface area contributed by atoms with Gasteiger partial charge in [0.05, 0.1) is 5.02 Å². The quantitative estimate of drug-likeness (QED) is 0.813. The van der Waals surface area contributed by atoms with Crippen LogP contribution in [0.5, 0.6) is 5.75 Å². The van der Waals surface area contributed by atoms with Crippen molar-refractivity contribution in [1.29, 1.82) is 0 Å². The van der Waals surface area contributed by atoms with Gasteiger partial charge < -0.3 is 10.4 Å². The maximum atomic E-state index is 13.3. The maximum Gasteiger partial charge on any atom is 0.166 e. The molecule has 0 aromatic heterocycles. The number of nitrogens with one attached hydrogen (secondary N) is 1. The Balaban J connectivity index is 2.17. The molecular weight excluding hydrogens is 272 g/mol. The van der Waals surface area contributed by atoms with E-state index in [1.165, 1.54) is 24.3 Å². The molecule has 2 aromatic carbocycles. The lowest BCUT2D eigenvalue weighted by Crippen LogP contribution is -2.07. The topological polar surface area (TPSA) is 32.3 Å². The molecule has 2 N–H and O–H groups in total. The molecule has 0 fully saturated rings. The molecule has 1 atom stereocenters. The second-order valence-electron chi connectivity index (χ2n) is 4.21. The maximum absolute atomic E-state index is 13.3. The Morgan fingerprint density at radius 2 is 1.84 bits per heavy atom. The average Bonchev–Trinajstić information content (AvgIpc) is 2.37. The molecule has 0 radical (unpaired) electrons. The van der Waals surface area contributed by atoms with Crippen molar-refractivity contribution in [2.45, 2.75) is 13.0 Å². The van der Waals surface area contributed by atoms with E-state index in [-0.39, 0.29) is 11.1 Å². The van der Waals surface area contributed by atoms with Gasteiger partial charge in [0.2, 0.25) is 0 Å². The number of hydrogen-bond acceptors (Lipinski definition) is 2. The lowest BCUT2D eigenvalue weighted by molar-refractivity contribution is 0.432. The summed E-state index contributed by atoms with van der Waals surface area (Å²) in [5.74, 6) is -1.61. The summed E-state index contributed by atoms with van der Waals surface area (Å²) in [5.41, 5.74) is 1.19. The van der Waals surface area contributed by atoms with Crippen molar-refractivity contribution in [2.75, 3.05) is 5.32 Å². The van der Waals surface area contributed by atoms with Gasteiger partial charge in [0.1, 0.15) is 5.82 Å². The fourth-order valence-electron chi connectivity index (χ4n) is 1.71. The van der Waals surface area contributed by atoms with Crippen molar-refractivity contribution in [2.24, 2.45) is 0 Å². The molecule has 0 bridgehead atoms. The Hall–Kier alpha value is -1.81. The number of phenols is 1. The smallest absolute Gasteiger partial charge is 0.166 e. The largest absolute Gasteiger partial charge is 0.505 e. The number of anilines is 1. The minimum atomic E-state index is -0.709. The third kappa shape index (κ3) is 3.15. The van der Waals surface area contributed by atoms with Crippen LogP contribution in [0.15, 0.2) is 36.4 Å². The molecule has 5 heteroatoms. The summed E-state index contributed by atoms with van der Waals surface area (Å²) in [6.45, 7) is 1.81. The average molecular weight is 284 g/mol. The molecule has 0 amide bonds. The number of aromatic hydroxyl groups is 1. The first kappa shape index (κ1) is 13.6. The van der Waals surface area contributed by atoms with E-state index in [0.29, 0.717) is 11.3 Å². The van der Waals surface area contributed by atoms with Gasteiger partial charge in [-0.05, 0) is 36.8 Å². The Labute approximate surface area is 114 Å². The number of hydrogen-bond donors (Lipinski definition) is 2. The van der Waals surface area contributed by atoms with Crippen LogP contribution in [0.25, 0.3) is 0 Å². The molecule has 2 nitrogen and oxygen atoms in total. The van der Waals surface area contributed by atoms with E-state index in [9.17, 15) is 8.78 Å². The number of halogens is 3. The van der Waals surface area contributed by atoms with Crippen molar-refractivity contribution in [3.05, 3.63) is 58.6 Å². The first-order chi connectivity index (χ1) is 8.97. The van der Waals surface area contributed by atoms with E-state index >= 15 is 0 Å². The van der Waals surface area contributed by atoms with E-state index < -0.39 is 17.4 Å². The van der Waals surface area contributed by atoms with Crippen molar-refractivity contribution in [3.8, 4) is 5.75 Å². The van der Waals surface area contributed by atoms with Gasteiger partial charge in [0.25, 0.3) is 0 Å². The molecule has 0 aliphatic rings. The van der Waals surface area contributed by atoms with Crippen LogP contribution >= 0.6 is 11.6 Å². The van der Waals surface area contributed by atoms with Crippen molar-refractivity contribution < 1.29 is 13.9 Å². The Kier molecular flexibility index (Phi) is 3.90. The molecule has 0 saturated heterocycles. The SMILES string of the molecule is CC(Nc1ccc(O)c(F)c1)c1ccc(Cl)c(F)c1. The predicted octanol–water partition coefficient (Wildman–Crippen LogP) is 4.50. The molecule has 0 aliphatic heterocycles. The fourth-order valence-corrected chi connectivity index (χ4v) is 1.83. The first-order valence-corrected chi connectivity index (χ1v) is 6.05. The van der Waals surface area contributed by atoms with Gasteiger partial charge in [0, 0.05) is 17.8 Å². The van der Waals surface area contributed by atoms with Crippen molar-refractivity contribution >= 4 is 17.3 Å². The minimum absolute atomic E-state index is 0.0617. The lowest BCUT2D eigenvalue weighted by atomic mass is 10.1. The van der Waals surface area contributed by atoms with Crippen LogP contribution in [0.4, 0.5) is 14.5 Å². The normalized spacial score (nSPS) is 12.2. The molecule has 100 valence electrons. The van der Waals surface area contributed by atoms with Crippen LogP contribution in [-0.4, -0.2) is 5.11 Å². The van der Waals surface area contributed by atoms with Gasteiger partial charge in [-0.25, -0.2) is 8.78 Å².